The molecule has 4 heteroatoms. The maximum absolute atomic E-state index is 12.6. The Morgan fingerprint density at radius 2 is 1.68 bits per heavy atom. The number of aryl methyl sites for hydroxylation is 1. The molecule has 0 saturated heterocycles. The Balaban J connectivity index is 1.49. The van der Waals surface area contributed by atoms with Crippen molar-refractivity contribution in [2.45, 2.75) is 13.3 Å². The third-order valence-corrected chi connectivity index (χ3v) is 5.38. The van der Waals surface area contributed by atoms with Crippen LogP contribution in [0.15, 0.2) is 84.2 Å². The van der Waals surface area contributed by atoms with Gasteiger partial charge in [-0.3, -0.25) is 4.79 Å². The number of hydrogen-bond acceptors (Lipinski definition) is 3. The quantitative estimate of drug-likeness (QED) is 0.461. The van der Waals surface area contributed by atoms with Crippen molar-refractivity contribution in [2.75, 3.05) is 5.32 Å². The first kappa shape index (κ1) is 18.1. The van der Waals surface area contributed by atoms with Crippen LogP contribution in [0.2, 0.25) is 0 Å². The Kier molecular flexibility index (Phi) is 5.31. The number of rotatable bonds is 5. The summed E-state index contributed by atoms with van der Waals surface area (Å²) in [6.07, 6.45) is 0.255. The molecule has 1 N–H and O–H groups in total. The molecular weight excluding hydrogens is 364 g/mol. The topological polar surface area (TPSA) is 42.0 Å². The highest BCUT2D eigenvalue weighted by Crippen LogP contribution is 2.28. The normalized spacial score (nSPS) is 10.6. The molecule has 0 bridgehead atoms. The van der Waals surface area contributed by atoms with Gasteiger partial charge in [0.2, 0.25) is 5.91 Å². The van der Waals surface area contributed by atoms with Crippen LogP contribution in [0.25, 0.3) is 21.7 Å². The van der Waals surface area contributed by atoms with Crippen LogP contribution in [0.3, 0.4) is 0 Å². The van der Waals surface area contributed by atoms with Gasteiger partial charge in [-0.05, 0) is 24.6 Å². The Morgan fingerprint density at radius 3 is 2.50 bits per heavy atom. The highest BCUT2D eigenvalue weighted by molar-refractivity contribution is 7.13. The van der Waals surface area contributed by atoms with E-state index < -0.39 is 0 Å². The van der Waals surface area contributed by atoms with Crippen molar-refractivity contribution >= 4 is 22.9 Å². The zero-order chi connectivity index (χ0) is 19.3. The molecule has 0 fully saturated rings. The van der Waals surface area contributed by atoms with E-state index in [0.29, 0.717) is 0 Å². The van der Waals surface area contributed by atoms with Crippen molar-refractivity contribution in [3.63, 3.8) is 0 Å². The molecular formula is C24H20N2OS. The SMILES string of the molecule is Cc1cccc(-c2nc(CC(=O)Nc3ccccc3-c3ccccc3)cs2)c1. The summed E-state index contributed by atoms with van der Waals surface area (Å²) in [4.78, 5) is 17.3. The number of amides is 1. The van der Waals surface area contributed by atoms with E-state index in [4.69, 9.17) is 0 Å². The first-order chi connectivity index (χ1) is 13.7. The lowest BCUT2D eigenvalue weighted by Crippen LogP contribution is -2.15. The smallest absolute Gasteiger partial charge is 0.230 e. The Morgan fingerprint density at radius 1 is 0.929 bits per heavy atom. The van der Waals surface area contributed by atoms with Crippen molar-refractivity contribution in [1.29, 1.82) is 0 Å². The van der Waals surface area contributed by atoms with E-state index in [0.717, 1.165) is 33.1 Å². The van der Waals surface area contributed by atoms with Crippen molar-refractivity contribution in [3.8, 4) is 21.7 Å². The number of carbonyl (C=O) groups is 1. The van der Waals surface area contributed by atoms with E-state index in [9.17, 15) is 4.79 Å². The maximum Gasteiger partial charge on any atom is 0.230 e. The third kappa shape index (κ3) is 4.18. The van der Waals surface area contributed by atoms with Gasteiger partial charge in [-0.2, -0.15) is 0 Å². The summed E-state index contributed by atoms with van der Waals surface area (Å²) < 4.78 is 0. The molecule has 3 aromatic carbocycles. The molecule has 0 spiro atoms. The van der Waals surface area contributed by atoms with Crippen LogP contribution in [-0.4, -0.2) is 10.9 Å². The van der Waals surface area contributed by atoms with Crippen LogP contribution in [-0.2, 0) is 11.2 Å². The van der Waals surface area contributed by atoms with Gasteiger partial charge in [0, 0.05) is 22.2 Å². The fourth-order valence-electron chi connectivity index (χ4n) is 3.12. The van der Waals surface area contributed by atoms with Gasteiger partial charge in [0.15, 0.2) is 0 Å². The molecule has 0 aliphatic heterocycles. The summed E-state index contributed by atoms with van der Waals surface area (Å²) in [5.74, 6) is -0.0653. The van der Waals surface area contributed by atoms with Gasteiger partial charge in [0.05, 0.1) is 12.1 Å². The molecule has 28 heavy (non-hydrogen) atoms. The maximum atomic E-state index is 12.6. The van der Waals surface area contributed by atoms with Crippen molar-refractivity contribution in [2.24, 2.45) is 0 Å². The molecule has 0 aliphatic carbocycles. The molecule has 0 aliphatic rings. The van der Waals surface area contributed by atoms with Gasteiger partial charge in [-0.25, -0.2) is 4.98 Å². The van der Waals surface area contributed by atoms with Crippen LogP contribution in [0, 0.1) is 6.92 Å². The summed E-state index contributed by atoms with van der Waals surface area (Å²) in [6.45, 7) is 2.07. The van der Waals surface area contributed by atoms with Crippen LogP contribution in [0.4, 0.5) is 5.69 Å². The first-order valence-electron chi connectivity index (χ1n) is 9.15. The summed E-state index contributed by atoms with van der Waals surface area (Å²) in [5, 5.41) is 5.94. The zero-order valence-corrected chi connectivity index (χ0v) is 16.4. The fraction of sp³-hybridized carbons (Fsp3) is 0.0833. The lowest BCUT2D eigenvalue weighted by atomic mass is 10.0. The van der Waals surface area contributed by atoms with Crippen molar-refractivity contribution in [3.05, 3.63) is 95.5 Å². The average molecular weight is 385 g/mol. The predicted octanol–water partition coefficient (Wildman–Crippen LogP) is 5.97. The number of anilines is 1. The highest BCUT2D eigenvalue weighted by Gasteiger charge is 2.12. The molecule has 4 rings (SSSR count). The van der Waals surface area contributed by atoms with Crippen LogP contribution < -0.4 is 5.32 Å². The molecule has 0 unspecified atom stereocenters. The Bertz CT molecular complexity index is 1100. The minimum absolute atomic E-state index is 0.0653. The molecule has 1 aromatic heterocycles. The van der Waals surface area contributed by atoms with Crippen LogP contribution >= 0.6 is 11.3 Å². The van der Waals surface area contributed by atoms with Gasteiger partial charge < -0.3 is 5.32 Å². The summed E-state index contributed by atoms with van der Waals surface area (Å²) >= 11 is 1.57. The van der Waals surface area contributed by atoms with Gasteiger partial charge in [0.25, 0.3) is 0 Å². The average Bonchev–Trinajstić information content (AvgIpc) is 3.17. The molecule has 0 atom stereocenters. The molecule has 138 valence electrons. The molecule has 1 amide bonds. The van der Waals surface area contributed by atoms with E-state index in [1.807, 2.05) is 72.1 Å². The molecule has 0 radical (unpaired) electrons. The summed E-state index contributed by atoms with van der Waals surface area (Å²) in [6, 6.07) is 26.2. The monoisotopic (exact) mass is 384 g/mol. The second-order valence-electron chi connectivity index (χ2n) is 6.65. The number of carbonyl (C=O) groups excluding carboxylic acids is 1. The second kappa shape index (κ2) is 8.19. The number of hydrogen-bond donors (Lipinski definition) is 1. The molecule has 0 saturated carbocycles. The largest absolute Gasteiger partial charge is 0.325 e. The standard InChI is InChI=1S/C24H20N2OS/c1-17-8-7-11-19(14-17)24-25-20(16-28-24)15-23(27)26-22-13-6-5-12-21(22)18-9-3-2-4-10-18/h2-14,16H,15H2,1H3,(H,26,27). The molecule has 4 aromatic rings. The van der Waals surface area contributed by atoms with Crippen molar-refractivity contribution in [1.82, 2.24) is 4.98 Å². The summed E-state index contributed by atoms with van der Waals surface area (Å²) in [5.41, 5.74) is 5.98. The number of thiazole rings is 1. The number of para-hydroxylation sites is 1. The lowest BCUT2D eigenvalue weighted by Gasteiger charge is -2.11. The van der Waals surface area contributed by atoms with E-state index in [-0.39, 0.29) is 12.3 Å². The van der Waals surface area contributed by atoms with Gasteiger partial charge >= 0.3 is 0 Å². The minimum atomic E-state index is -0.0653. The van der Waals surface area contributed by atoms with Crippen molar-refractivity contribution < 1.29 is 4.79 Å². The second-order valence-corrected chi connectivity index (χ2v) is 7.51. The van der Waals surface area contributed by atoms with Crippen LogP contribution in [0.1, 0.15) is 11.3 Å². The van der Waals surface area contributed by atoms with E-state index in [1.54, 1.807) is 11.3 Å². The Hall–Kier alpha value is -3.24. The van der Waals surface area contributed by atoms with Crippen LogP contribution in [0.5, 0.6) is 0 Å². The minimum Gasteiger partial charge on any atom is -0.325 e. The highest BCUT2D eigenvalue weighted by atomic mass is 32.1. The molecule has 1 heterocycles. The van der Waals surface area contributed by atoms with Gasteiger partial charge in [-0.15, -0.1) is 11.3 Å². The summed E-state index contributed by atoms with van der Waals surface area (Å²) in [7, 11) is 0. The number of nitrogens with zero attached hydrogens (tertiary/aromatic N) is 1. The van der Waals surface area contributed by atoms with Gasteiger partial charge in [-0.1, -0.05) is 72.3 Å². The zero-order valence-electron chi connectivity index (χ0n) is 15.6. The number of nitrogens with one attached hydrogen (secondary N) is 1. The molecule has 3 nitrogen and oxygen atoms in total. The van der Waals surface area contributed by atoms with E-state index >= 15 is 0 Å². The first-order valence-corrected chi connectivity index (χ1v) is 10.0. The number of aromatic nitrogens is 1. The van der Waals surface area contributed by atoms with E-state index in [2.05, 4.69) is 29.4 Å². The predicted molar refractivity (Wildman–Crippen MR) is 116 cm³/mol. The van der Waals surface area contributed by atoms with E-state index in [1.165, 1.54) is 5.56 Å². The Labute approximate surface area is 168 Å². The number of benzene rings is 3. The fourth-order valence-corrected chi connectivity index (χ4v) is 3.94. The lowest BCUT2D eigenvalue weighted by molar-refractivity contribution is -0.115. The third-order valence-electron chi connectivity index (χ3n) is 4.44. The van der Waals surface area contributed by atoms with Gasteiger partial charge in [0.1, 0.15) is 5.01 Å².